The second-order valence-corrected chi connectivity index (χ2v) is 21.6. The topological polar surface area (TPSA) is 78.9 Å². The van der Waals surface area contributed by atoms with E-state index in [-0.39, 0.29) is 31.6 Å². The molecule has 0 bridgehead atoms. The Balaban J connectivity index is 3.97. The summed E-state index contributed by atoms with van der Waals surface area (Å²) in [7, 11) is 0. The van der Waals surface area contributed by atoms with E-state index >= 15 is 0 Å². The van der Waals surface area contributed by atoms with E-state index in [0.29, 0.717) is 19.3 Å². The van der Waals surface area contributed by atoms with Crippen molar-refractivity contribution >= 4 is 17.9 Å². The number of allylic oxidation sites excluding steroid dienone is 16. The Hall–Kier alpha value is -3.67. The molecule has 0 fully saturated rings. The fourth-order valence-corrected chi connectivity index (χ4v) is 9.21. The molecular weight excluding hydrogens is 949 g/mol. The van der Waals surface area contributed by atoms with Crippen molar-refractivity contribution in [2.45, 2.75) is 322 Å². The maximum absolute atomic E-state index is 12.8. The first-order valence-electron chi connectivity index (χ1n) is 32.7. The summed E-state index contributed by atoms with van der Waals surface area (Å²) in [4.78, 5) is 37.8. The Morgan fingerprint density at radius 2 is 0.532 bits per heavy atom. The number of esters is 3. The summed E-state index contributed by atoms with van der Waals surface area (Å²) in [6.45, 7) is 6.39. The molecule has 6 heteroatoms. The number of carbonyl (C=O) groups excluding carboxylic acids is 3. The van der Waals surface area contributed by atoms with Gasteiger partial charge in [-0.05, 0) is 89.9 Å². The number of rotatable bonds is 59. The zero-order valence-electron chi connectivity index (χ0n) is 50.7. The SMILES string of the molecule is CC/C=C\C/C=C\C/C=C\C/C=C\C/C=C\C/C=C\CCC(=O)OC(COC(=O)CCCCCCC)COC(=O)CCCCCCCCCCCCCCCCCCCCCCCCC/C=C\C/C=C\CCCCCCC. The van der Waals surface area contributed by atoms with Crippen molar-refractivity contribution in [2.24, 2.45) is 0 Å². The zero-order chi connectivity index (χ0) is 55.7. The van der Waals surface area contributed by atoms with Gasteiger partial charge in [-0.3, -0.25) is 14.4 Å². The van der Waals surface area contributed by atoms with Gasteiger partial charge in [-0.1, -0.05) is 304 Å². The van der Waals surface area contributed by atoms with Crippen molar-refractivity contribution in [3.8, 4) is 0 Å². The monoisotopic (exact) mass is 1070 g/mol. The summed E-state index contributed by atoms with van der Waals surface area (Å²) >= 11 is 0. The number of ether oxygens (including phenoxy) is 3. The molecule has 0 aliphatic rings. The molecule has 0 spiro atoms. The van der Waals surface area contributed by atoms with Crippen LogP contribution in [0.2, 0.25) is 0 Å². The molecule has 6 nitrogen and oxygen atoms in total. The van der Waals surface area contributed by atoms with Crippen LogP contribution in [0.3, 0.4) is 0 Å². The predicted octanol–water partition coefficient (Wildman–Crippen LogP) is 22.4. The molecule has 1 atom stereocenters. The smallest absolute Gasteiger partial charge is 0.306 e. The van der Waals surface area contributed by atoms with Crippen LogP contribution < -0.4 is 0 Å². The van der Waals surface area contributed by atoms with Crippen molar-refractivity contribution < 1.29 is 28.6 Å². The molecule has 0 rings (SSSR count). The molecule has 0 aromatic heterocycles. The molecule has 0 aromatic carbocycles. The van der Waals surface area contributed by atoms with E-state index in [2.05, 4.69) is 106 Å². The van der Waals surface area contributed by atoms with E-state index in [1.807, 2.05) is 12.2 Å². The second-order valence-electron chi connectivity index (χ2n) is 21.6. The van der Waals surface area contributed by atoms with E-state index in [1.54, 1.807) is 0 Å². The summed E-state index contributed by atoms with van der Waals surface area (Å²) in [6, 6.07) is 0. The number of hydrogen-bond donors (Lipinski definition) is 0. The molecular formula is C71H122O6. The molecule has 0 radical (unpaired) electrons. The van der Waals surface area contributed by atoms with Gasteiger partial charge in [-0.25, -0.2) is 0 Å². The molecule has 0 aliphatic carbocycles. The largest absolute Gasteiger partial charge is 0.462 e. The van der Waals surface area contributed by atoms with Crippen LogP contribution in [0.5, 0.6) is 0 Å². The Bertz CT molecular complexity index is 1510. The Morgan fingerprint density at radius 3 is 0.844 bits per heavy atom. The Kier molecular flexibility index (Phi) is 61.8. The highest BCUT2D eigenvalue weighted by atomic mass is 16.6. The molecule has 0 amide bonds. The first-order valence-corrected chi connectivity index (χ1v) is 32.7. The average Bonchev–Trinajstić information content (AvgIpc) is 3.43. The molecule has 442 valence electrons. The van der Waals surface area contributed by atoms with Gasteiger partial charge in [0.1, 0.15) is 13.2 Å². The highest BCUT2D eigenvalue weighted by Gasteiger charge is 2.19. The molecule has 77 heavy (non-hydrogen) atoms. The standard InChI is InChI=1S/C71H122O6/c1-4-7-10-13-15-17-19-21-23-25-27-28-29-30-31-32-33-34-35-36-37-38-39-40-41-42-44-45-47-49-51-53-55-58-61-64-70(73)76-67-68(66-75-69(72)63-60-57-12-9-6-3)77-71(74)65-62-59-56-54-52-50-48-46-43-26-24-22-20-18-16-14-11-8-5-2/h8,11,16,18-19,21-22,24-25,27,43,46,50,52,56,59,68H,4-7,9-10,12-15,17,20,23,26,28-42,44-45,47-49,51,53-55,57-58,60-67H2,1-3H3/b11-8-,18-16-,21-19-,24-22-,27-25-,46-43-,52-50-,59-56-. The lowest BCUT2D eigenvalue weighted by molar-refractivity contribution is -0.166. The highest BCUT2D eigenvalue weighted by molar-refractivity contribution is 5.71. The summed E-state index contributed by atoms with van der Waals surface area (Å²) in [5, 5.41) is 0. The predicted molar refractivity (Wildman–Crippen MR) is 334 cm³/mol. The maximum atomic E-state index is 12.8. The van der Waals surface area contributed by atoms with Crippen LogP contribution in [0.25, 0.3) is 0 Å². The molecule has 0 N–H and O–H groups in total. The van der Waals surface area contributed by atoms with E-state index in [0.717, 1.165) is 96.3 Å². The van der Waals surface area contributed by atoms with Crippen LogP contribution in [0, 0.1) is 0 Å². The average molecular weight is 1070 g/mol. The lowest BCUT2D eigenvalue weighted by atomic mass is 10.0. The molecule has 0 saturated heterocycles. The molecule has 0 aromatic rings. The van der Waals surface area contributed by atoms with E-state index in [1.165, 1.54) is 173 Å². The van der Waals surface area contributed by atoms with E-state index < -0.39 is 12.1 Å². The van der Waals surface area contributed by atoms with Crippen LogP contribution in [0.4, 0.5) is 0 Å². The molecule has 0 aliphatic heterocycles. The maximum Gasteiger partial charge on any atom is 0.306 e. The van der Waals surface area contributed by atoms with Crippen LogP contribution in [0.15, 0.2) is 97.2 Å². The zero-order valence-corrected chi connectivity index (χ0v) is 50.7. The Morgan fingerprint density at radius 1 is 0.273 bits per heavy atom. The van der Waals surface area contributed by atoms with Crippen molar-refractivity contribution in [3.05, 3.63) is 97.2 Å². The van der Waals surface area contributed by atoms with Gasteiger partial charge < -0.3 is 14.2 Å². The third-order valence-electron chi connectivity index (χ3n) is 14.1. The second kappa shape index (κ2) is 64.9. The summed E-state index contributed by atoms with van der Waals surface area (Å²) in [6.07, 6.45) is 87.9. The Labute approximate surface area is 477 Å². The number of carbonyl (C=O) groups is 3. The van der Waals surface area contributed by atoms with Gasteiger partial charge >= 0.3 is 17.9 Å². The van der Waals surface area contributed by atoms with Crippen molar-refractivity contribution in [1.29, 1.82) is 0 Å². The highest BCUT2D eigenvalue weighted by Crippen LogP contribution is 2.17. The van der Waals surface area contributed by atoms with Gasteiger partial charge in [0.05, 0.1) is 0 Å². The van der Waals surface area contributed by atoms with Crippen LogP contribution in [0.1, 0.15) is 316 Å². The number of hydrogen-bond acceptors (Lipinski definition) is 6. The van der Waals surface area contributed by atoms with Crippen molar-refractivity contribution in [1.82, 2.24) is 0 Å². The van der Waals surface area contributed by atoms with Gasteiger partial charge in [0, 0.05) is 19.3 Å². The quantitative estimate of drug-likeness (QED) is 0.0261. The van der Waals surface area contributed by atoms with Crippen molar-refractivity contribution in [2.75, 3.05) is 13.2 Å². The minimum absolute atomic E-state index is 0.105. The van der Waals surface area contributed by atoms with E-state index in [9.17, 15) is 14.4 Å². The van der Waals surface area contributed by atoms with Gasteiger partial charge in [0.2, 0.25) is 0 Å². The third kappa shape index (κ3) is 63.0. The van der Waals surface area contributed by atoms with Crippen molar-refractivity contribution in [3.63, 3.8) is 0 Å². The van der Waals surface area contributed by atoms with Crippen LogP contribution in [-0.2, 0) is 28.6 Å². The summed E-state index contributed by atoms with van der Waals surface area (Å²) < 4.78 is 16.7. The lowest BCUT2D eigenvalue weighted by Gasteiger charge is -2.18. The first kappa shape index (κ1) is 73.3. The van der Waals surface area contributed by atoms with Gasteiger partial charge in [0.25, 0.3) is 0 Å². The lowest BCUT2D eigenvalue weighted by Crippen LogP contribution is -2.30. The molecule has 0 heterocycles. The first-order chi connectivity index (χ1) is 38.0. The number of unbranched alkanes of at least 4 members (excludes halogenated alkanes) is 32. The van der Waals surface area contributed by atoms with Gasteiger partial charge in [-0.15, -0.1) is 0 Å². The van der Waals surface area contributed by atoms with Gasteiger partial charge in [0.15, 0.2) is 6.10 Å². The molecule has 1 unspecified atom stereocenters. The van der Waals surface area contributed by atoms with Gasteiger partial charge in [-0.2, -0.15) is 0 Å². The van der Waals surface area contributed by atoms with Crippen LogP contribution >= 0.6 is 0 Å². The summed E-state index contributed by atoms with van der Waals surface area (Å²) in [5.41, 5.74) is 0. The van der Waals surface area contributed by atoms with E-state index in [4.69, 9.17) is 14.2 Å². The fourth-order valence-electron chi connectivity index (χ4n) is 9.21. The van der Waals surface area contributed by atoms with Crippen LogP contribution in [-0.4, -0.2) is 37.2 Å². The minimum atomic E-state index is -0.813. The third-order valence-corrected chi connectivity index (χ3v) is 14.1. The molecule has 0 saturated carbocycles. The normalized spacial score (nSPS) is 12.7. The summed E-state index contributed by atoms with van der Waals surface area (Å²) in [5.74, 6) is -0.998. The minimum Gasteiger partial charge on any atom is -0.462 e. The fraction of sp³-hybridized carbons (Fsp3) is 0.732.